The van der Waals surface area contributed by atoms with Gasteiger partial charge in [-0.1, -0.05) is 19.3 Å². The van der Waals surface area contributed by atoms with E-state index < -0.39 is 0 Å². The molecule has 0 aromatic heterocycles. The van der Waals surface area contributed by atoms with Gasteiger partial charge in [-0.15, -0.1) is 0 Å². The fraction of sp³-hybridized carbons (Fsp3) is 0.968. The van der Waals surface area contributed by atoms with Gasteiger partial charge in [0.25, 0.3) is 0 Å². The lowest BCUT2D eigenvalue weighted by Gasteiger charge is -2.31. The minimum Gasteiger partial charge on any atom is -0.327 e. The molecule has 9 aliphatic rings. The van der Waals surface area contributed by atoms with Gasteiger partial charge in [0.1, 0.15) is 5.78 Å². The lowest BCUT2D eigenvalue weighted by atomic mass is 9.79. The highest BCUT2D eigenvalue weighted by Crippen LogP contribution is 2.59. The normalized spacial score (nSPS) is 56.7. The molecule has 0 aliphatic heterocycles. The zero-order valence-corrected chi connectivity index (χ0v) is 21.7. The van der Waals surface area contributed by atoms with Crippen LogP contribution in [0.2, 0.25) is 0 Å². The summed E-state index contributed by atoms with van der Waals surface area (Å²) >= 11 is 0. The highest BCUT2D eigenvalue weighted by atomic mass is 16.1. The van der Waals surface area contributed by atoms with E-state index in [-0.39, 0.29) is 0 Å². The van der Waals surface area contributed by atoms with Gasteiger partial charge in [-0.2, -0.15) is 0 Å². The quantitative estimate of drug-likeness (QED) is 0.512. The van der Waals surface area contributed by atoms with Crippen molar-refractivity contribution in [1.82, 2.24) is 5.32 Å². The number of hydrogen-bond donors (Lipinski definition) is 2. The van der Waals surface area contributed by atoms with E-state index >= 15 is 0 Å². The van der Waals surface area contributed by atoms with E-state index in [4.69, 9.17) is 5.73 Å². The van der Waals surface area contributed by atoms with Gasteiger partial charge in [0.15, 0.2) is 0 Å². The van der Waals surface area contributed by atoms with Crippen molar-refractivity contribution in [3.63, 3.8) is 0 Å². The summed E-state index contributed by atoms with van der Waals surface area (Å²) in [6, 6.07) is 1.47. The van der Waals surface area contributed by atoms with Crippen molar-refractivity contribution >= 4 is 5.78 Å². The highest BCUT2D eigenvalue weighted by molar-refractivity contribution is 5.85. The molecule has 0 spiro atoms. The van der Waals surface area contributed by atoms with Gasteiger partial charge in [-0.05, 0) is 143 Å². The number of carbonyl (C=O) groups is 1. The minimum absolute atomic E-state index is 0.521. The van der Waals surface area contributed by atoms with Crippen molar-refractivity contribution < 1.29 is 4.79 Å². The maximum Gasteiger partial charge on any atom is 0.136 e. The Morgan fingerprint density at radius 2 is 1.18 bits per heavy atom. The molecule has 9 saturated carbocycles. The summed E-state index contributed by atoms with van der Waals surface area (Å²) < 4.78 is 0. The fourth-order valence-electron chi connectivity index (χ4n) is 12.3. The molecular weight excluding hydrogens is 416 g/mol. The van der Waals surface area contributed by atoms with E-state index in [1.54, 1.807) is 19.3 Å². The molecule has 3 heteroatoms. The highest BCUT2D eigenvalue weighted by Gasteiger charge is 2.54. The van der Waals surface area contributed by atoms with Gasteiger partial charge in [-0.3, -0.25) is 4.79 Å². The Morgan fingerprint density at radius 3 is 1.88 bits per heavy atom. The van der Waals surface area contributed by atoms with Gasteiger partial charge in [0, 0.05) is 24.4 Å². The molecule has 0 radical (unpaired) electrons. The Balaban J connectivity index is 0.0000000883. The first-order valence-electron chi connectivity index (χ1n) is 15.6. The molecule has 0 aromatic rings. The number of nitrogens with one attached hydrogen (secondary N) is 1. The van der Waals surface area contributed by atoms with Crippen LogP contribution in [-0.4, -0.2) is 24.9 Å². The molecule has 14 atom stereocenters. The van der Waals surface area contributed by atoms with Crippen LogP contribution in [0.1, 0.15) is 96.3 Å². The van der Waals surface area contributed by atoms with E-state index in [2.05, 4.69) is 12.4 Å². The molecule has 0 amide bonds. The maximum atomic E-state index is 11.4. The number of ketones is 1. The molecule has 9 aliphatic carbocycles. The standard InChI is InChI=1S/C11H19N.C10H17N.C10H14O/c1-12-11-6-7-5-10(11)9-4-2-3-8(7)9;2*11-10-5-6-4-9(10)8-3-1-2-7(6)8/h7-12H,2-6H2,1H3;6-10H,1-5,11H2;6-9H,1-5H2. The van der Waals surface area contributed by atoms with Crippen LogP contribution < -0.4 is 11.1 Å². The van der Waals surface area contributed by atoms with Crippen LogP contribution >= 0.6 is 0 Å². The van der Waals surface area contributed by atoms with Gasteiger partial charge in [0.05, 0.1) is 0 Å². The Kier molecular flexibility index (Phi) is 5.93. The van der Waals surface area contributed by atoms with Gasteiger partial charge in [-0.25, -0.2) is 0 Å². The SMILES string of the molecule is CNC1CC2CC1C1CCCC21.NC1CC2CC1C1CCCC21.O=C1CC2CC1C1CCCC21. The molecule has 0 aromatic carbocycles. The van der Waals surface area contributed by atoms with Crippen LogP contribution in [0.4, 0.5) is 0 Å². The van der Waals surface area contributed by atoms with Crippen molar-refractivity contribution in [1.29, 1.82) is 0 Å². The molecule has 6 bridgehead atoms. The molecule has 9 fully saturated rings. The Labute approximate surface area is 208 Å². The molecule has 9 rings (SSSR count). The zero-order chi connectivity index (χ0) is 23.0. The monoisotopic (exact) mass is 466 g/mol. The third-order valence-electron chi connectivity index (χ3n) is 13.5. The third-order valence-corrected chi connectivity index (χ3v) is 13.5. The average Bonchev–Trinajstić information content (AvgIpc) is 3.66. The number of Topliss-reactive ketones (excluding diaryl/α,β-unsaturated/α-hetero) is 1. The van der Waals surface area contributed by atoms with E-state index in [9.17, 15) is 4.79 Å². The zero-order valence-electron chi connectivity index (χ0n) is 21.7. The summed E-state index contributed by atoms with van der Waals surface area (Å²) in [5.41, 5.74) is 6.08. The number of nitrogens with two attached hydrogens (primary N) is 1. The van der Waals surface area contributed by atoms with Crippen LogP contribution in [0.15, 0.2) is 0 Å². The van der Waals surface area contributed by atoms with E-state index in [0.717, 1.165) is 77.6 Å². The first kappa shape index (κ1) is 22.8. The van der Waals surface area contributed by atoms with E-state index in [1.165, 1.54) is 70.6 Å². The van der Waals surface area contributed by atoms with Crippen LogP contribution in [0.25, 0.3) is 0 Å². The van der Waals surface area contributed by atoms with Crippen molar-refractivity contribution in [2.75, 3.05) is 7.05 Å². The number of carbonyl (C=O) groups excluding carboxylic acids is 1. The summed E-state index contributed by atoms with van der Waals surface area (Å²) in [4.78, 5) is 11.4. The molecule has 3 nitrogen and oxygen atoms in total. The second kappa shape index (κ2) is 8.86. The first-order valence-corrected chi connectivity index (χ1v) is 15.6. The van der Waals surface area contributed by atoms with Crippen molar-refractivity contribution in [3.05, 3.63) is 0 Å². The van der Waals surface area contributed by atoms with Gasteiger partial charge in [0.2, 0.25) is 0 Å². The Hall–Kier alpha value is -0.410. The average molecular weight is 467 g/mol. The lowest BCUT2D eigenvalue weighted by Crippen LogP contribution is -2.37. The largest absolute Gasteiger partial charge is 0.327 e. The predicted octanol–water partition coefficient (Wildman–Crippen LogP) is 5.81. The molecule has 14 unspecified atom stereocenters. The molecular formula is C31H50N2O. The van der Waals surface area contributed by atoms with Crippen LogP contribution in [-0.2, 0) is 4.79 Å². The van der Waals surface area contributed by atoms with Gasteiger partial charge >= 0.3 is 0 Å². The summed E-state index contributed by atoms with van der Waals surface area (Å²) in [5, 5.41) is 3.51. The van der Waals surface area contributed by atoms with Crippen LogP contribution in [0.5, 0.6) is 0 Å². The number of rotatable bonds is 1. The van der Waals surface area contributed by atoms with Gasteiger partial charge < -0.3 is 11.1 Å². The molecule has 0 heterocycles. The molecule has 34 heavy (non-hydrogen) atoms. The van der Waals surface area contributed by atoms with Crippen LogP contribution in [0, 0.1) is 71.0 Å². The van der Waals surface area contributed by atoms with Crippen molar-refractivity contribution in [2.45, 2.75) is 108 Å². The van der Waals surface area contributed by atoms with Crippen LogP contribution in [0.3, 0.4) is 0 Å². The minimum atomic E-state index is 0.521. The van der Waals surface area contributed by atoms with E-state index in [1.807, 2.05) is 0 Å². The first-order chi connectivity index (χ1) is 16.6. The second-order valence-electron chi connectivity index (χ2n) is 14.4. The summed E-state index contributed by atoms with van der Waals surface area (Å²) in [5.74, 6) is 12.3. The third kappa shape index (κ3) is 3.52. The molecule has 0 saturated heterocycles. The van der Waals surface area contributed by atoms with E-state index in [0.29, 0.717) is 17.7 Å². The second-order valence-corrected chi connectivity index (χ2v) is 14.4. The Bertz CT molecular complexity index is 779. The van der Waals surface area contributed by atoms with Crippen molar-refractivity contribution in [2.24, 2.45) is 76.7 Å². The topological polar surface area (TPSA) is 55.1 Å². The Morgan fingerprint density at radius 1 is 0.618 bits per heavy atom. The predicted molar refractivity (Wildman–Crippen MR) is 137 cm³/mol. The lowest BCUT2D eigenvalue weighted by molar-refractivity contribution is -0.123. The smallest absolute Gasteiger partial charge is 0.136 e. The summed E-state index contributed by atoms with van der Waals surface area (Å²) in [7, 11) is 2.15. The van der Waals surface area contributed by atoms with Crippen molar-refractivity contribution in [3.8, 4) is 0 Å². The molecule has 190 valence electrons. The molecule has 3 N–H and O–H groups in total. The maximum absolute atomic E-state index is 11.4. The fourth-order valence-corrected chi connectivity index (χ4v) is 12.3. The number of hydrogen-bond acceptors (Lipinski definition) is 3. The summed E-state index contributed by atoms with van der Waals surface area (Å²) in [6.07, 6.45) is 21.4. The number of fused-ring (bicyclic) bond motifs is 15. The summed E-state index contributed by atoms with van der Waals surface area (Å²) in [6.45, 7) is 0.